The van der Waals surface area contributed by atoms with Gasteiger partial charge >= 0.3 is 201 Å². The molecule has 0 spiro atoms. The van der Waals surface area contributed by atoms with Gasteiger partial charge in [-0.15, -0.1) is 0 Å². The van der Waals surface area contributed by atoms with E-state index in [0.717, 1.165) is 0 Å². The van der Waals surface area contributed by atoms with E-state index in [1.165, 1.54) is 0 Å². The van der Waals surface area contributed by atoms with Gasteiger partial charge < -0.3 is 24.5 Å². The number of alkyl halides is 75. The highest BCUT2D eigenvalue weighted by Crippen LogP contribution is 2.86. The van der Waals surface area contributed by atoms with Crippen LogP contribution in [0.15, 0.2) is 0 Å². The van der Waals surface area contributed by atoms with Crippen LogP contribution in [0.1, 0.15) is 0 Å². The van der Waals surface area contributed by atoms with Gasteiger partial charge in [0, 0.05) is 0 Å². The maximum absolute atomic E-state index is 12.6. The van der Waals surface area contributed by atoms with Crippen molar-refractivity contribution in [2.24, 2.45) is 0 Å². The summed E-state index contributed by atoms with van der Waals surface area (Å²) < 4.78 is 944. The molecule has 5 N–H and O–H groups in total. The molecular weight excluding hydrogens is 2190 g/mol. The average molecular weight is 2200 g/mol. The Hall–Kier alpha value is -2.69. The molecule has 0 aliphatic rings. The lowest BCUT2D eigenvalue weighted by molar-refractivity contribution is -0.283. The van der Waals surface area contributed by atoms with Gasteiger partial charge in [-0.3, -0.25) is 0 Å². The fourth-order valence-corrected chi connectivity index (χ4v) is 16.5. The third-order valence-corrected chi connectivity index (χ3v) is 25.3. The minimum absolute atomic E-state index is 3.06. The van der Waals surface area contributed by atoms with Gasteiger partial charge in [-0.2, -0.15) is 338 Å². The van der Waals surface area contributed by atoms with Crippen LogP contribution in [0.4, 0.5) is 329 Å². The molecule has 0 radical (unpaired) electrons. The minimum Gasteiger partial charge on any atom is -0.302 e. The van der Waals surface area contributed by atoms with Crippen LogP contribution in [0.3, 0.4) is 0 Å². The molecule has 750 valence electrons. The zero-order valence-electron chi connectivity index (χ0n) is 51.2. The topological polar surface area (TPSA) is 171 Å². The molecule has 0 aromatic rings. The van der Waals surface area contributed by atoms with E-state index in [2.05, 4.69) is 8.62 Å². The molecule has 0 saturated carbocycles. The molecule has 0 aromatic heterocycles. The van der Waals surface area contributed by atoms with Crippen molar-refractivity contribution in [3.63, 3.8) is 0 Å². The molecule has 0 heterocycles. The number of hydrogen-bond donors (Lipinski definition) is 5. The Morgan fingerprint density at radius 1 is 0.130 bits per heavy atom. The summed E-state index contributed by atoms with van der Waals surface area (Å²) in [5.41, 5.74) is -115. The molecule has 0 aliphatic carbocycles. The number of rotatable bonds is 19. The molecule has 123 heavy (non-hydrogen) atoms. The molecule has 0 aromatic carbocycles. The van der Waals surface area contributed by atoms with Crippen LogP contribution in [0.5, 0.6) is 0 Å². The number of phosphoric acid groups is 3. The highest BCUT2D eigenvalue weighted by molar-refractivity contribution is 7.66. The SMILES string of the molecule is FC(F)(F)C(F)(F)P(C(F)(F)C(F)(F)F)C(F)(F)C(F)(F)F.FC(F)(F)C(F)(F)P(C(F)(F)C(F)(F)F)C(F)(F)C(F)(F)F.FC(F)(F)C(F)(F)P(C(F)(F)C(F)(F)F)C(F)(F)C(F)(F)F.FC(F)(F)C(F)(F)P(C(F)(F)C(F)(F)F)C(F)(F)C(F)(F)F.FC(F)(F)C(F)(F)P(C(F)(F)C(F)(F)F)C(F)(F)C(F)(F)F.O=P(O)(O)OP(=O)(O)OP(=O)(O)O. The molecule has 0 unspecified atom stereocenters. The van der Waals surface area contributed by atoms with Crippen LogP contribution in [0.2, 0.25) is 0 Å². The quantitative estimate of drug-likeness (QED) is 0.0619. The third kappa shape index (κ3) is 29.9. The van der Waals surface area contributed by atoms with Gasteiger partial charge in [-0.25, -0.2) is 13.7 Å². The van der Waals surface area contributed by atoms with E-state index in [-0.39, 0.29) is 0 Å². The molecule has 0 rings (SSSR count). The van der Waals surface area contributed by atoms with Crippen molar-refractivity contribution in [1.29, 1.82) is 0 Å². The molecule has 0 saturated heterocycles. The van der Waals surface area contributed by atoms with Gasteiger partial charge in [-0.1, -0.05) is 0 Å². The third-order valence-electron chi connectivity index (χ3n) is 9.75. The first-order chi connectivity index (χ1) is 51.0. The molecule has 10 nitrogen and oxygen atoms in total. The van der Waals surface area contributed by atoms with Crippen molar-refractivity contribution in [3.8, 4) is 0 Å². The largest absolute Gasteiger partial charge is 0.490 e. The Bertz CT molecular complexity index is 2710. The lowest BCUT2D eigenvalue weighted by Crippen LogP contribution is -2.53. The summed E-state index contributed by atoms with van der Waals surface area (Å²) in [5, 5.41) is 0. The first kappa shape index (κ1) is 131. The number of hydrogen-bond acceptors (Lipinski definition) is 5. The second-order valence-electron chi connectivity index (χ2n) is 18.9. The lowest BCUT2D eigenvalue weighted by Gasteiger charge is -2.39. The molecule has 0 aliphatic heterocycles. The zero-order valence-corrected chi connectivity index (χ0v) is 58.4. The van der Waals surface area contributed by atoms with Crippen molar-refractivity contribution in [3.05, 3.63) is 0 Å². The second kappa shape index (κ2) is 37.0. The summed E-state index contributed by atoms with van der Waals surface area (Å²) in [7, 11) is -54.3. The van der Waals surface area contributed by atoms with Gasteiger partial charge in [0.1, 0.15) is 39.6 Å². The molecule has 0 bridgehead atoms. The highest BCUT2D eigenvalue weighted by Gasteiger charge is 2.93. The van der Waals surface area contributed by atoms with Crippen molar-refractivity contribution in [2.75, 3.05) is 0 Å². The van der Waals surface area contributed by atoms with Gasteiger partial charge in [0.05, 0.1) is 0 Å². The van der Waals surface area contributed by atoms with Crippen LogP contribution >= 0.6 is 63.1 Å². The van der Waals surface area contributed by atoms with Crippen LogP contribution in [0.25, 0.3) is 0 Å². The molecule has 93 heteroatoms. The summed E-state index contributed by atoms with van der Waals surface area (Å²) in [6.07, 6.45) is -112. The van der Waals surface area contributed by atoms with E-state index in [4.69, 9.17) is 24.5 Å². The van der Waals surface area contributed by atoms with Crippen LogP contribution < -0.4 is 0 Å². The summed E-state index contributed by atoms with van der Waals surface area (Å²) >= 11 is 0. The van der Waals surface area contributed by atoms with Gasteiger partial charge in [0.15, 0.2) is 0 Å². The first-order valence-electron chi connectivity index (χ1n) is 23.6. The fraction of sp³-hybridized carbons (Fsp3) is 1.00. The lowest BCUT2D eigenvalue weighted by atomic mass is 10.6. The fourth-order valence-electron chi connectivity index (χ4n) is 4.83. The van der Waals surface area contributed by atoms with Gasteiger partial charge in [-0.05, 0) is 0 Å². The second-order valence-corrected chi connectivity index (χ2v) is 34.9. The average Bonchev–Trinajstić information content (AvgIpc) is 0.741. The molecule has 0 amide bonds. The van der Waals surface area contributed by atoms with E-state index < -0.39 is 241 Å². The van der Waals surface area contributed by atoms with Crippen molar-refractivity contribution < 1.29 is 376 Å². The molecule has 0 atom stereocenters. The summed E-state index contributed by atoms with van der Waals surface area (Å²) in [4.78, 5) is 40.2. The van der Waals surface area contributed by atoms with Gasteiger partial charge in [0.25, 0.3) is 0 Å². The monoisotopic (exact) mass is 2200 g/mol. The summed E-state index contributed by atoms with van der Waals surface area (Å²) in [6.45, 7) is 0. The van der Waals surface area contributed by atoms with Crippen LogP contribution in [-0.2, 0) is 22.3 Å². The molecular formula is C30H5F75O10P8. The van der Waals surface area contributed by atoms with E-state index >= 15 is 0 Å². The van der Waals surface area contributed by atoms with Crippen molar-refractivity contribution in [1.82, 2.24) is 0 Å². The zero-order chi connectivity index (χ0) is 104. The minimum atomic E-state index is -7.64. The van der Waals surface area contributed by atoms with Crippen LogP contribution in [0, 0.1) is 0 Å². The van der Waals surface area contributed by atoms with Crippen molar-refractivity contribution >= 4 is 63.1 Å². The number of halogens is 75. The Labute approximate surface area is 617 Å². The smallest absolute Gasteiger partial charge is 0.302 e. The normalized spacial score (nSPS) is 16.2. The molecule has 0 fully saturated rings. The predicted molar refractivity (Wildman–Crippen MR) is 236 cm³/mol. The standard InChI is InChI=1S/5C6F15P.H5O10P3/c5*7-1(8,9)4(16,17)22(5(18,19)2(10,11)12)6(20,21)3(13,14)15;1-11(2,3)9-13(7,8)10-12(4,5)6/h;;;;;(H,7,8)(H2,1,2,3)(H2,4,5,6). The Kier molecular flexibility index (Phi) is 39.5. The maximum atomic E-state index is 12.6. The Morgan fingerprint density at radius 3 is 0.211 bits per heavy atom. The summed E-state index contributed by atoms with van der Waals surface area (Å²) in [5.74, 6) is 0. The van der Waals surface area contributed by atoms with E-state index in [0.29, 0.717) is 0 Å². The highest BCUT2D eigenvalue weighted by atomic mass is 31.3. The Morgan fingerprint density at radius 2 is 0.179 bits per heavy atom. The maximum Gasteiger partial charge on any atom is 0.490 e. The van der Waals surface area contributed by atoms with E-state index in [9.17, 15) is 343 Å². The predicted octanol–water partition coefficient (Wildman–Crippen LogP) is 29.0. The first-order valence-corrected chi connectivity index (χ1v) is 34.8. The van der Waals surface area contributed by atoms with Crippen LogP contribution in [-0.4, -0.2) is 202 Å². The van der Waals surface area contributed by atoms with E-state index in [1.807, 2.05) is 0 Å². The van der Waals surface area contributed by atoms with E-state index in [1.54, 1.807) is 0 Å². The summed E-state index contributed by atoms with van der Waals surface area (Å²) in [6, 6.07) is 0. The Balaban J connectivity index is -0.000000336. The van der Waals surface area contributed by atoms with Crippen molar-refractivity contribution in [2.45, 2.75) is 178 Å². The van der Waals surface area contributed by atoms with Gasteiger partial charge in [0.2, 0.25) is 0 Å².